The number of fused-ring (bicyclic) bond motifs is 1. The SMILES string of the molecule is CN1CCCN(CC(=O)N2CCN3C(=O)OCC3(Cc3ccccc3)C2)CC1. The van der Waals surface area contributed by atoms with Gasteiger partial charge in [0.05, 0.1) is 6.54 Å². The normalized spacial score (nSPS) is 26.7. The van der Waals surface area contributed by atoms with E-state index in [0.29, 0.717) is 39.2 Å². The molecule has 1 aromatic carbocycles. The molecule has 3 fully saturated rings. The van der Waals surface area contributed by atoms with Crippen molar-refractivity contribution in [1.82, 2.24) is 19.6 Å². The number of nitrogens with zero attached hydrogens (tertiary/aromatic N) is 4. The van der Waals surface area contributed by atoms with Gasteiger partial charge in [0, 0.05) is 39.1 Å². The largest absolute Gasteiger partial charge is 0.447 e. The summed E-state index contributed by atoms with van der Waals surface area (Å²) in [5.41, 5.74) is 0.710. The number of carbonyl (C=O) groups excluding carboxylic acids is 2. The Bertz CT molecular complexity index is 713. The predicted octanol–water partition coefficient (Wildman–Crippen LogP) is 0.900. The number of rotatable bonds is 4. The molecule has 0 spiro atoms. The summed E-state index contributed by atoms with van der Waals surface area (Å²) in [5.74, 6) is 0.163. The molecule has 0 saturated carbocycles. The summed E-state index contributed by atoms with van der Waals surface area (Å²) in [6.45, 7) is 6.46. The van der Waals surface area contributed by atoms with Crippen LogP contribution in [0, 0.1) is 0 Å². The van der Waals surface area contributed by atoms with E-state index in [-0.39, 0.29) is 12.0 Å². The third-order valence-electron chi connectivity index (χ3n) is 6.24. The van der Waals surface area contributed by atoms with Crippen LogP contribution in [0.1, 0.15) is 12.0 Å². The van der Waals surface area contributed by atoms with E-state index in [2.05, 4.69) is 29.0 Å². The van der Waals surface area contributed by atoms with Crippen LogP contribution < -0.4 is 0 Å². The van der Waals surface area contributed by atoms with Crippen molar-refractivity contribution in [3.05, 3.63) is 35.9 Å². The summed E-state index contributed by atoms with van der Waals surface area (Å²) in [6, 6.07) is 10.2. The summed E-state index contributed by atoms with van der Waals surface area (Å²) in [7, 11) is 2.13. The first-order valence-electron chi connectivity index (χ1n) is 10.2. The van der Waals surface area contributed by atoms with Crippen molar-refractivity contribution >= 4 is 12.0 Å². The molecule has 7 heteroatoms. The molecule has 1 atom stereocenters. The van der Waals surface area contributed by atoms with Crippen molar-refractivity contribution in [2.45, 2.75) is 18.4 Å². The van der Waals surface area contributed by atoms with Crippen LogP contribution in [0.15, 0.2) is 30.3 Å². The van der Waals surface area contributed by atoms with Crippen LogP contribution in [-0.2, 0) is 16.0 Å². The van der Waals surface area contributed by atoms with Crippen LogP contribution >= 0.6 is 0 Å². The number of amides is 2. The van der Waals surface area contributed by atoms with Crippen molar-refractivity contribution in [2.75, 3.05) is 66.0 Å². The number of hydrogen-bond donors (Lipinski definition) is 0. The fourth-order valence-corrected chi connectivity index (χ4v) is 4.60. The smallest absolute Gasteiger partial charge is 0.410 e. The molecule has 3 heterocycles. The average molecular weight is 386 g/mol. The van der Waals surface area contributed by atoms with Gasteiger partial charge >= 0.3 is 6.09 Å². The van der Waals surface area contributed by atoms with Gasteiger partial charge in [0.2, 0.25) is 5.91 Å². The van der Waals surface area contributed by atoms with Crippen molar-refractivity contribution in [1.29, 1.82) is 0 Å². The topological polar surface area (TPSA) is 56.3 Å². The highest BCUT2D eigenvalue weighted by molar-refractivity contribution is 5.79. The number of ether oxygens (including phenoxy) is 1. The third-order valence-corrected chi connectivity index (χ3v) is 6.24. The van der Waals surface area contributed by atoms with Crippen LogP contribution in [0.2, 0.25) is 0 Å². The molecule has 0 radical (unpaired) electrons. The average Bonchev–Trinajstić information content (AvgIpc) is 2.87. The molecule has 2 amide bonds. The molecule has 3 aliphatic rings. The zero-order valence-electron chi connectivity index (χ0n) is 16.7. The zero-order valence-corrected chi connectivity index (χ0v) is 16.7. The maximum atomic E-state index is 13.1. The summed E-state index contributed by atoms with van der Waals surface area (Å²) in [6.07, 6.45) is 1.55. The Labute approximate surface area is 166 Å². The van der Waals surface area contributed by atoms with Gasteiger partial charge in [-0.05, 0) is 32.1 Å². The number of piperazine rings is 1. The van der Waals surface area contributed by atoms with Crippen LogP contribution in [0.25, 0.3) is 0 Å². The number of cyclic esters (lactones) is 1. The summed E-state index contributed by atoms with van der Waals surface area (Å²) >= 11 is 0. The lowest BCUT2D eigenvalue weighted by Crippen LogP contribution is -2.64. The number of benzene rings is 1. The molecule has 0 bridgehead atoms. The summed E-state index contributed by atoms with van der Waals surface area (Å²) in [5, 5.41) is 0. The molecule has 0 aromatic heterocycles. The molecule has 4 rings (SSSR count). The molecule has 0 aliphatic carbocycles. The molecule has 1 unspecified atom stereocenters. The number of carbonyl (C=O) groups is 2. The Balaban J connectivity index is 1.44. The first kappa shape index (κ1) is 19.2. The molecule has 7 nitrogen and oxygen atoms in total. The van der Waals surface area contributed by atoms with Crippen molar-refractivity contribution < 1.29 is 14.3 Å². The Morgan fingerprint density at radius 2 is 1.89 bits per heavy atom. The van der Waals surface area contributed by atoms with Gasteiger partial charge < -0.3 is 14.5 Å². The van der Waals surface area contributed by atoms with Gasteiger partial charge in [-0.1, -0.05) is 30.3 Å². The van der Waals surface area contributed by atoms with Crippen molar-refractivity contribution in [3.8, 4) is 0 Å². The Morgan fingerprint density at radius 3 is 2.71 bits per heavy atom. The van der Waals surface area contributed by atoms with Gasteiger partial charge in [-0.15, -0.1) is 0 Å². The minimum atomic E-state index is -0.453. The van der Waals surface area contributed by atoms with Gasteiger partial charge in [-0.2, -0.15) is 0 Å². The van der Waals surface area contributed by atoms with E-state index in [0.717, 1.165) is 38.2 Å². The highest BCUT2D eigenvalue weighted by Gasteiger charge is 2.51. The van der Waals surface area contributed by atoms with Gasteiger partial charge in [0.25, 0.3) is 0 Å². The van der Waals surface area contributed by atoms with Crippen LogP contribution in [0.5, 0.6) is 0 Å². The molecule has 3 aliphatic heterocycles. The lowest BCUT2D eigenvalue weighted by molar-refractivity contribution is -0.136. The van der Waals surface area contributed by atoms with E-state index in [9.17, 15) is 9.59 Å². The molecular formula is C21H30N4O3. The first-order chi connectivity index (χ1) is 13.6. The van der Waals surface area contributed by atoms with E-state index in [1.54, 1.807) is 0 Å². The standard InChI is InChI=1S/C21H30N4O3/c1-22-8-5-9-23(11-10-22)15-19(26)24-12-13-25-20(27)28-17-21(25,16-24)14-18-6-3-2-4-7-18/h2-4,6-7H,5,8-17H2,1H3. The molecule has 3 saturated heterocycles. The fourth-order valence-electron chi connectivity index (χ4n) is 4.60. The molecule has 152 valence electrons. The van der Waals surface area contributed by atoms with Gasteiger partial charge in [-0.25, -0.2) is 4.79 Å². The van der Waals surface area contributed by atoms with Gasteiger partial charge in [-0.3, -0.25) is 14.6 Å². The lowest BCUT2D eigenvalue weighted by Gasteiger charge is -2.45. The summed E-state index contributed by atoms with van der Waals surface area (Å²) in [4.78, 5) is 33.7. The molecule has 0 N–H and O–H groups in total. The maximum absolute atomic E-state index is 13.1. The van der Waals surface area contributed by atoms with E-state index in [1.807, 2.05) is 28.0 Å². The predicted molar refractivity (Wildman–Crippen MR) is 106 cm³/mol. The van der Waals surface area contributed by atoms with E-state index in [1.165, 1.54) is 0 Å². The fraction of sp³-hybridized carbons (Fsp3) is 0.619. The van der Waals surface area contributed by atoms with Crippen molar-refractivity contribution in [3.63, 3.8) is 0 Å². The zero-order chi connectivity index (χ0) is 19.6. The monoisotopic (exact) mass is 386 g/mol. The summed E-state index contributed by atoms with van der Waals surface area (Å²) < 4.78 is 5.41. The van der Waals surface area contributed by atoms with Crippen LogP contribution in [0.3, 0.4) is 0 Å². The quantitative estimate of drug-likeness (QED) is 0.770. The van der Waals surface area contributed by atoms with Crippen LogP contribution in [-0.4, -0.2) is 103 Å². The minimum Gasteiger partial charge on any atom is -0.447 e. The Kier molecular flexibility index (Phi) is 5.55. The molecule has 1 aromatic rings. The second kappa shape index (κ2) is 8.09. The third kappa shape index (κ3) is 4.00. The highest BCUT2D eigenvalue weighted by Crippen LogP contribution is 2.32. The molecular weight excluding hydrogens is 356 g/mol. The molecule has 28 heavy (non-hydrogen) atoms. The van der Waals surface area contributed by atoms with E-state index in [4.69, 9.17) is 4.74 Å². The number of likely N-dealkylation sites (N-methyl/N-ethyl adjacent to an activating group) is 1. The van der Waals surface area contributed by atoms with Gasteiger partial charge in [0.1, 0.15) is 12.1 Å². The number of hydrogen-bond acceptors (Lipinski definition) is 5. The second-order valence-electron chi connectivity index (χ2n) is 8.34. The Hall–Kier alpha value is -2.12. The maximum Gasteiger partial charge on any atom is 0.410 e. The Morgan fingerprint density at radius 1 is 1.07 bits per heavy atom. The van der Waals surface area contributed by atoms with E-state index >= 15 is 0 Å². The van der Waals surface area contributed by atoms with E-state index < -0.39 is 5.54 Å². The minimum absolute atomic E-state index is 0.163. The lowest BCUT2D eigenvalue weighted by atomic mass is 9.88. The second-order valence-corrected chi connectivity index (χ2v) is 8.34. The highest BCUT2D eigenvalue weighted by atomic mass is 16.6. The van der Waals surface area contributed by atoms with Crippen molar-refractivity contribution in [2.24, 2.45) is 0 Å². The van der Waals surface area contributed by atoms with Gasteiger partial charge in [0.15, 0.2) is 0 Å². The van der Waals surface area contributed by atoms with Crippen LogP contribution in [0.4, 0.5) is 4.79 Å². The first-order valence-corrected chi connectivity index (χ1v) is 10.2.